The lowest BCUT2D eigenvalue weighted by atomic mass is 9.93. The first-order valence-electron chi connectivity index (χ1n) is 12.5. The van der Waals surface area contributed by atoms with Crippen molar-refractivity contribution in [3.8, 4) is 5.75 Å². The van der Waals surface area contributed by atoms with E-state index in [0.717, 1.165) is 47.0 Å². The fourth-order valence-electron chi connectivity index (χ4n) is 4.88. The predicted octanol–water partition coefficient (Wildman–Crippen LogP) is 6.30. The van der Waals surface area contributed by atoms with Gasteiger partial charge in [-0.15, -0.1) is 0 Å². The lowest BCUT2D eigenvalue weighted by Gasteiger charge is -2.25. The topological polar surface area (TPSA) is 82.6 Å². The van der Waals surface area contributed by atoms with Crippen LogP contribution in [0.4, 0.5) is 0 Å². The Balaban J connectivity index is 1.88. The Morgan fingerprint density at radius 1 is 1.11 bits per heavy atom. The van der Waals surface area contributed by atoms with Crippen molar-refractivity contribution in [2.24, 2.45) is 0 Å². The van der Waals surface area contributed by atoms with Crippen LogP contribution in [0.5, 0.6) is 5.75 Å². The lowest BCUT2D eigenvalue weighted by Crippen LogP contribution is -2.30. The van der Waals surface area contributed by atoms with Gasteiger partial charge in [0, 0.05) is 34.8 Å². The molecule has 0 radical (unpaired) electrons. The number of likely N-dealkylation sites (tertiary alicyclic amines) is 1. The SMILES string of the molecule is CCCCCN1C(=O)C(=O)/C(=C(/O)c2ccc(OCC)c(C(C)C)c2)C1c1c[nH]c2ccccc12. The first kappa shape index (κ1) is 24.6. The Morgan fingerprint density at radius 2 is 1.89 bits per heavy atom. The molecular weight excluding hydrogens is 440 g/mol. The molecule has 2 aromatic carbocycles. The van der Waals surface area contributed by atoms with Crippen molar-refractivity contribution >= 4 is 28.4 Å². The summed E-state index contributed by atoms with van der Waals surface area (Å²) in [6.45, 7) is 9.14. The van der Waals surface area contributed by atoms with Gasteiger partial charge >= 0.3 is 0 Å². The zero-order valence-corrected chi connectivity index (χ0v) is 20.9. The maximum absolute atomic E-state index is 13.3. The number of nitrogens with one attached hydrogen (secondary N) is 1. The Bertz CT molecular complexity index is 1270. The standard InChI is InChI=1S/C29H34N2O4/c1-5-7-10-15-31-26(22-17-30-23-12-9-8-11-20(22)23)25(28(33)29(31)34)27(32)19-13-14-24(35-6-2)21(16-19)18(3)4/h8-9,11-14,16-18,26,30,32H,5-7,10,15H2,1-4H3/b27-25+. The number of nitrogens with zero attached hydrogens (tertiary/aromatic N) is 1. The molecule has 0 spiro atoms. The second-order valence-corrected chi connectivity index (χ2v) is 9.33. The van der Waals surface area contributed by atoms with Gasteiger partial charge in [-0.25, -0.2) is 0 Å². The van der Waals surface area contributed by atoms with E-state index in [0.29, 0.717) is 18.7 Å². The number of para-hydroxylation sites is 1. The number of aliphatic hydroxyl groups is 1. The van der Waals surface area contributed by atoms with Crippen LogP contribution in [0.1, 0.15) is 75.6 Å². The quantitative estimate of drug-likeness (QED) is 0.165. The van der Waals surface area contributed by atoms with Gasteiger partial charge in [-0.1, -0.05) is 51.8 Å². The summed E-state index contributed by atoms with van der Waals surface area (Å²) in [6, 6.07) is 12.6. The Hall–Kier alpha value is -3.54. The highest BCUT2D eigenvalue weighted by Crippen LogP contribution is 2.42. The third kappa shape index (κ3) is 4.57. The number of ether oxygens (including phenoxy) is 1. The van der Waals surface area contributed by atoms with Gasteiger partial charge in [-0.3, -0.25) is 9.59 Å². The molecule has 0 saturated carbocycles. The zero-order valence-electron chi connectivity index (χ0n) is 20.9. The molecule has 1 fully saturated rings. The van der Waals surface area contributed by atoms with E-state index in [4.69, 9.17) is 4.74 Å². The van der Waals surface area contributed by atoms with Crippen molar-refractivity contribution in [1.29, 1.82) is 0 Å². The van der Waals surface area contributed by atoms with Crippen molar-refractivity contribution < 1.29 is 19.4 Å². The summed E-state index contributed by atoms with van der Waals surface area (Å²) in [6.07, 6.45) is 4.61. The number of unbranched alkanes of at least 4 members (excludes halogenated alkanes) is 2. The summed E-state index contributed by atoms with van der Waals surface area (Å²) >= 11 is 0. The van der Waals surface area contributed by atoms with Gasteiger partial charge < -0.3 is 19.7 Å². The van der Waals surface area contributed by atoms with Crippen molar-refractivity contribution in [3.05, 3.63) is 70.9 Å². The van der Waals surface area contributed by atoms with Gasteiger partial charge in [0.2, 0.25) is 0 Å². The average Bonchev–Trinajstić information content (AvgIpc) is 3.38. The monoisotopic (exact) mass is 474 g/mol. The average molecular weight is 475 g/mol. The van der Waals surface area contributed by atoms with E-state index < -0.39 is 17.7 Å². The molecule has 3 aromatic rings. The number of hydrogen-bond acceptors (Lipinski definition) is 4. The molecule has 1 unspecified atom stereocenters. The Kier molecular flexibility index (Phi) is 7.29. The number of hydrogen-bond donors (Lipinski definition) is 2. The van der Waals surface area contributed by atoms with E-state index in [1.807, 2.05) is 49.5 Å². The molecule has 2 heterocycles. The van der Waals surface area contributed by atoms with E-state index in [9.17, 15) is 14.7 Å². The van der Waals surface area contributed by atoms with Crippen molar-refractivity contribution in [3.63, 3.8) is 0 Å². The maximum atomic E-state index is 13.3. The van der Waals surface area contributed by atoms with Gasteiger partial charge in [0.05, 0.1) is 18.2 Å². The maximum Gasteiger partial charge on any atom is 0.295 e. The number of carbonyl (C=O) groups is 2. The highest BCUT2D eigenvalue weighted by molar-refractivity contribution is 6.46. The van der Waals surface area contributed by atoms with Crippen LogP contribution in [-0.2, 0) is 9.59 Å². The van der Waals surface area contributed by atoms with Crippen LogP contribution in [0.15, 0.2) is 54.2 Å². The molecule has 0 bridgehead atoms. The first-order chi connectivity index (χ1) is 16.9. The van der Waals surface area contributed by atoms with E-state index in [1.54, 1.807) is 11.0 Å². The van der Waals surface area contributed by atoms with Crippen molar-refractivity contribution in [2.75, 3.05) is 13.2 Å². The van der Waals surface area contributed by atoms with Crippen LogP contribution in [-0.4, -0.2) is 39.8 Å². The third-order valence-electron chi connectivity index (χ3n) is 6.66. The molecule has 6 nitrogen and oxygen atoms in total. The fraction of sp³-hybridized carbons (Fsp3) is 0.379. The number of ketones is 1. The molecule has 4 rings (SSSR count). The molecule has 35 heavy (non-hydrogen) atoms. The number of aromatic amines is 1. The van der Waals surface area contributed by atoms with Gasteiger partial charge in [-0.2, -0.15) is 0 Å². The number of rotatable bonds is 9. The second kappa shape index (κ2) is 10.4. The number of Topliss-reactive ketones (excluding diaryl/α,β-unsaturated/α-hetero) is 1. The van der Waals surface area contributed by atoms with Crippen LogP contribution < -0.4 is 4.74 Å². The summed E-state index contributed by atoms with van der Waals surface area (Å²) < 4.78 is 5.77. The van der Waals surface area contributed by atoms with Gasteiger partial charge in [-0.05, 0) is 49.1 Å². The minimum Gasteiger partial charge on any atom is -0.507 e. The molecule has 1 aromatic heterocycles. The smallest absolute Gasteiger partial charge is 0.295 e. The minimum atomic E-state index is -0.655. The third-order valence-corrected chi connectivity index (χ3v) is 6.66. The Morgan fingerprint density at radius 3 is 2.60 bits per heavy atom. The predicted molar refractivity (Wildman–Crippen MR) is 139 cm³/mol. The second-order valence-electron chi connectivity index (χ2n) is 9.33. The zero-order chi connectivity index (χ0) is 25.1. The number of benzene rings is 2. The van der Waals surface area contributed by atoms with Gasteiger partial charge in [0.25, 0.3) is 11.7 Å². The molecule has 184 valence electrons. The molecule has 0 aliphatic carbocycles. The highest BCUT2D eigenvalue weighted by atomic mass is 16.5. The number of aromatic nitrogens is 1. The molecule has 1 atom stereocenters. The highest BCUT2D eigenvalue weighted by Gasteiger charge is 2.46. The van der Waals surface area contributed by atoms with Crippen molar-refractivity contribution in [2.45, 2.75) is 58.9 Å². The van der Waals surface area contributed by atoms with Crippen LogP contribution in [0, 0.1) is 0 Å². The molecule has 1 aliphatic heterocycles. The lowest BCUT2D eigenvalue weighted by molar-refractivity contribution is -0.139. The summed E-state index contributed by atoms with van der Waals surface area (Å²) in [5.41, 5.74) is 3.32. The number of fused-ring (bicyclic) bond motifs is 1. The fourth-order valence-corrected chi connectivity index (χ4v) is 4.88. The Labute approximate surface area is 206 Å². The molecule has 6 heteroatoms. The largest absolute Gasteiger partial charge is 0.507 e. The van der Waals surface area contributed by atoms with E-state index >= 15 is 0 Å². The van der Waals surface area contributed by atoms with E-state index in [2.05, 4.69) is 25.8 Å². The number of amides is 1. The number of H-pyrrole nitrogens is 1. The molecule has 1 aliphatic rings. The van der Waals surface area contributed by atoms with Crippen LogP contribution >= 0.6 is 0 Å². The number of carbonyl (C=O) groups excluding carboxylic acids is 2. The molecule has 2 N–H and O–H groups in total. The van der Waals surface area contributed by atoms with Crippen molar-refractivity contribution in [1.82, 2.24) is 9.88 Å². The first-order valence-corrected chi connectivity index (χ1v) is 12.5. The van der Waals surface area contributed by atoms with Crippen LogP contribution in [0.3, 0.4) is 0 Å². The molecular formula is C29H34N2O4. The minimum absolute atomic E-state index is 0.134. The summed E-state index contributed by atoms with van der Waals surface area (Å²) in [5, 5.41) is 12.4. The van der Waals surface area contributed by atoms with Gasteiger partial charge in [0.15, 0.2) is 0 Å². The number of aliphatic hydroxyl groups excluding tert-OH is 1. The normalized spacial score (nSPS) is 17.6. The molecule has 1 amide bonds. The summed E-state index contributed by atoms with van der Waals surface area (Å²) in [5.74, 6) is -0.443. The van der Waals surface area contributed by atoms with E-state index in [-0.39, 0.29) is 17.3 Å². The summed E-state index contributed by atoms with van der Waals surface area (Å²) in [7, 11) is 0. The van der Waals surface area contributed by atoms with Crippen LogP contribution in [0.25, 0.3) is 16.7 Å². The summed E-state index contributed by atoms with van der Waals surface area (Å²) in [4.78, 5) is 31.4. The molecule has 1 saturated heterocycles. The van der Waals surface area contributed by atoms with Crippen LogP contribution in [0.2, 0.25) is 0 Å². The van der Waals surface area contributed by atoms with Gasteiger partial charge in [0.1, 0.15) is 11.5 Å². The van der Waals surface area contributed by atoms with E-state index in [1.165, 1.54) is 0 Å².